The fraction of sp³-hybridized carbons (Fsp3) is 0.900. The largest absolute Gasteiger partial charge is 0.469 e. The summed E-state index contributed by atoms with van der Waals surface area (Å²) in [5.74, 6) is 0.736. The van der Waals surface area contributed by atoms with Crippen LogP contribution in [0, 0.1) is 17.8 Å². The number of ether oxygens (including phenoxy) is 1. The highest BCUT2D eigenvalue weighted by atomic mass is 16.5. The van der Waals surface area contributed by atoms with Gasteiger partial charge in [0.25, 0.3) is 0 Å². The maximum absolute atomic E-state index is 11.4. The zero-order valence-electron chi connectivity index (χ0n) is 7.90. The van der Waals surface area contributed by atoms with Crippen LogP contribution >= 0.6 is 0 Å². The Kier molecular flexibility index (Phi) is 2.28. The van der Waals surface area contributed by atoms with Gasteiger partial charge < -0.3 is 9.84 Å². The molecule has 0 aromatic carbocycles. The van der Waals surface area contributed by atoms with E-state index >= 15 is 0 Å². The first-order valence-corrected chi connectivity index (χ1v) is 5.00. The number of aliphatic hydroxyl groups is 1. The molecule has 0 amide bonds. The minimum Gasteiger partial charge on any atom is -0.469 e. The summed E-state index contributed by atoms with van der Waals surface area (Å²) in [4.78, 5) is 11.4. The van der Waals surface area contributed by atoms with Gasteiger partial charge in [0.15, 0.2) is 0 Å². The maximum Gasteiger partial charge on any atom is 0.308 e. The smallest absolute Gasteiger partial charge is 0.308 e. The highest BCUT2D eigenvalue weighted by Crippen LogP contribution is 2.47. The second-order valence-corrected chi connectivity index (χ2v) is 4.18. The number of fused-ring (bicyclic) bond motifs is 1. The van der Waals surface area contributed by atoms with Crippen LogP contribution in [0.3, 0.4) is 0 Å². The van der Waals surface area contributed by atoms with Crippen LogP contribution in [0.2, 0.25) is 0 Å². The standard InChI is InChI=1S/C10H16O3/c1-13-10(12)8-3-2-7-6(8)4-5-9(7)11/h6-9,11H,2-5H2,1H3/t6-,7-,8-,9-/m0/s1. The third-order valence-corrected chi connectivity index (χ3v) is 3.67. The molecule has 0 spiro atoms. The molecule has 13 heavy (non-hydrogen) atoms. The lowest BCUT2D eigenvalue weighted by Crippen LogP contribution is -2.22. The van der Waals surface area contributed by atoms with E-state index in [1.807, 2.05) is 0 Å². The molecule has 4 atom stereocenters. The molecule has 3 heteroatoms. The van der Waals surface area contributed by atoms with Crippen LogP contribution in [0.15, 0.2) is 0 Å². The molecule has 2 saturated carbocycles. The van der Waals surface area contributed by atoms with Crippen LogP contribution in [0.1, 0.15) is 25.7 Å². The highest BCUT2D eigenvalue weighted by molar-refractivity contribution is 5.73. The zero-order chi connectivity index (χ0) is 9.42. The van der Waals surface area contributed by atoms with Crippen molar-refractivity contribution in [2.75, 3.05) is 7.11 Å². The van der Waals surface area contributed by atoms with Crippen molar-refractivity contribution in [2.24, 2.45) is 17.8 Å². The molecule has 1 N–H and O–H groups in total. The Morgan fingerprint density at radius 3 is 2.62 bits per heavy atom. The number of rotatable bonds is 1. The van der Waals surface area contributed by atoms with Crippen LogP contribution in [-0.4, -0.2) is 24.3 Å². The summed E-state index contributed by atoms with van der Waals surface area (Å²) < 4.78 is 4.76. The third kappa shape index (κ3) is 1.35. The first-order chi connectivity index (χ1) is 6.24. The third-order valence-electron chi connectivity index (χ3n) is 3.67. The van der Waals surface area contributed by atoms with E-state index in [4.69, 9.17) is 4.74 Å². The fourth-order valence-corrected chi connectivity index (χ4v) is 3.01. The first-order valence-electron chi connectivity index (χ1n) is 5.00. The van der Waals surface area contributed by atoms with Crippen molar-refractivity contribution in [3.8, 4) is 0 Å². The van der Waals surface area contributed by atoms with Crippen LogP contribution in [0.25, 0.3) is 0 Å². The van der Waals surface area contributed by atoms with Gasteiger partial charge in [-0.25, -0.2) is 0 Å². The number of esters is 1. The number of aliphatic hydroxyl groups excluding tert-OH is 1. The number of carbonyl (C=O) groups is 1. The molecule has 2 fully saturated rings. The lowest BCUT2D eigenvalue weighted by molar-refractivity contribution is -0.146. The Morgan fingerprint density at radius 2 is 1.92 bits per heavy atom. The predicted molar refractivity (Wildman–Crippen MR) is 47.0 cm³/mol. The van der Waals surface area contributed by atoms with Gasteiger partial charge >= 0.3 is 5.97 Å². The van der Waals surface area contributed by atoms with E-state index in [0.29, 0.717) is 11.8 Å². The average molecular weight is 184 g/mol. The monoisotopic (exact) mass is 184 g/mol. The van der Waals surface area contributed by atoms with Crippen LogP contribution < -0.4 is 0 Å². The Balaban J connectivity index is 2.06. The van der Waals surface area contributed by atoms with E-state index < -0.39 is 0 Å². The number of carbonyl (C=O) groups excluding carboxylic acids is 1. The highest BCUT2D eigenvalue weighted by Gasteiger charge is 2.47. The molecular formula is C10H16O3. The topological polar surface area (TPSA) is 46.5 Å². The van der Waals surface area contributed by atoms with Gasteiger partial charge in [0.05, 0.1) is 19.1 Å². The van der Waals surface area contributed by atoms with E-state index in [0.717, 1.165) is 25.7 Å². The number of methoxy groups -OCH3 is 1. The molecule has 74 valence electrons. The van der Waals surface area contributed by atoms with Gasteiger partial charge in [-0.05, 0) is 37.5 Å². The molecule has 2 rings (SSSR count). The van der Waals surface area contributed by atoms with Crippen molar-refractivity contribution < 1.29 is 14.6 Å². The molecule has 2 aliphatic carbocycles. The van der Waals surface area contributed by atoms with Crippen LogP contribution in [-0.2, 0) is 9.53 Å². The average Bonchev–Trinajstić information content (AvgIpc) is 2.68. The van der Waals surface area contributed by atoms with E-state index in [2.05, 4.69) is 0 Å². The summed E-state index contributed by atoms with van der Waals surface area (Å²) in [7, 11) is 1.45. The lowest BCUT2D eigenvalue weighted by atomic mass is 9.92. The summed E-state index contributed by atoms with van der Waals surface area (Å²) in [5.41, 5.74) is 0. The Morgan fingerprint density at radius 1 is 1.23 bits per heavy atom. The Bertz CT molecular complexity index is 214. The SMILES string of the molecule is COC(=O)[C@H]1CC[C@H]2[C@@H]1CC[C@@H]2O. The fourth-order valence-electron chi connectivity index (χ4n) is 3.01. The van der Waals surface area contributed by atoms with Gasteiger partial charge in [-0.2, -0.15) is 0 Å². The van der Waals surface area contributed by atoms with Gasteiger partial charge in [-0.3, -0.25) is 4.79 Å². The Labute approximate surface area is 78.1 Å². The first kappa shape index (κ1) is 9.00. The summed E-state index contributed by atoms with van der Waals surface area (Å²) in [6.45, 7) is 0. The molecule has 3 nitrogen and oxygen atoms in total. The lowest BCUT2D eigenvalue weighted by Gasteiger charge is -2.16. The number of hydrogen-bond acceptors (Lipinski definition) is 3. The summed E-state index contributed by atoms with van der Waals surface area (Å²) in [6.07, 6.45) is 3.58. The molecular weight excluding hydrogens is 168 g/mol. The quantitative estimate of drug-likeness (QED) is 0.617. The van der Waals surface area contributed by atoms with Crippen molar-refractivity contribution in [1.82, 2.24) is 0 Å². The molecule has 0 aliphatic heterocycles. The Hall–Kier alpha value is -0.570. The molecule has 0 heterocycles. The van der Waals surface area contributed by atoms with Crippen molar-refractivity contribution in [3.63, 3.8) is 0 Å². The van der Waals surface area contributed by atoms with Crippen LogP contribution in [0.4, 0.5) is 0 Å². The van der Waals surface area contributed by atoms with Gasteiger partial charge in [-0.1, -0.05) is 0 Å². The second-order valence-electron chi connectivity index (χ2n) is 4.18. The molecule has 0 radical (unpaired) electrons. The molecule has 2 aliphatic rings. The molecule has 0 aromatic rings. The number of hydrogen-bond donors (Lipinski definition) is 1. The van der Waals surface area contributed by atoms with E-state index in [1.165, 1.54) is 7.11 Å². The van der Waals surface area contributed by atoms with Crippen molar-refractivity contribution in [2.45, 2.75) is 31.8 Å². The second kappa shape index (κ2) is 3.29. The maximum atomic E-state index is 11.4. The van der Waals surface area contributed by atoms with E-state index in [-0.39, 0.29) is 18.0 Å². The summed E-state index contributed by atoms with van der Waals surface area (Å²) >= 11 is 0. The minimum absolute atomic E-state index is 0.0622. The normalized spacial score (nSPS) is 43.2. The van der Waals surface area contributed by atoms with Crippen molar-refractivity contribution >= 4 is 5.97 Å². The van der Waals surface area contributed by atoms with Crippen molar-refractivity contribution in [3.05, 3.63) is 0 Å². The van der Waals surface area contributed by atoms with Gasteiger partial charge in [0, 0.05) is 0 Å². The molecule has 0 saturated heterocycles. The molecule has 0 unspecified atom stereocenters. The summed E-state index contributed by atoms with van der Waals surface area (Å²) in [5, 5.41) is 9.62. The molecule has 0 bridgehead atoms. The van der Waals surface area contributed by atoms with E-state index in [9.17, 15) is 9.90 Å². The van der Waals surface area contributed by atoms with E-state index in [1.54, 1.807) is 0 Å². The molecule has 0 aromatic heterocycles. The van der Waals surface area contributed by atoms with Gasteiger partial charge in [0.2, 0.25) is 0 Å². The minimum atomic E-state index is -0.167. The summed E-state index contributed by atoms with van der Waals surface area (Å²) in [6, 6.07) is 0. The predicted octanol–water partition coefficient (Wildman–Crippen LogP) is 0.956. The van der Waals surface area contributed by atoms with Gasteiger partial charge in [0.1, 0.15) is 0 Å². The van der Waals surface area contributed by atoms with Crippen molar-refractivity contribution in [1.29, 1.82) is 0 Å². The van der Waals surface area contributed by atoms with Crippen LogP contribution in [0.5, 0.6) is 0 Å². The van der Waals surface area contributed by atoms with Gasteiger partial charge in [-0.15, -0.1) is 0 Å². The zero-order valence-corrected chi connectivity index (χ0v) is 7.90.